The fourth-order valence-electron chi connectivity index (χ4n) is 3.86. The first-order valence-corrected chi connectivity index (χ1v) is 10.0. The first-order chi connectivity index (χ1) is 12.5. The van der Waals surface area contributed by atoms with Crippen LogP contribution in [0, 0.1) is 25.7 Å². The molecule has 1 N–H and O–H groups in total. The standard InChI is InChI=1S/C22H26Cl2O2/c1-14-5-3-8-22(15(14)2)26-13-19-18(21(25)12-20(19)24)10-9-16-6-4-7-17(23)11-16/h3-8,11,18-21,25H,9-10,12-13H2,1-2H3/t18-,19-,20?,21?/m1/s1. The van der Waals surface area contributed by atoms with E-state index in [0.717, 1.165) is 29.2 Å². The maximum atomic E-state index is 10.5. The number of rotatable bonds is 6. The molecule has 0 heterocycles. The molecule has 0 saturated heterocycles. The highest BCUT2D eigenvalue weighted by Crippen LogP contribution is 2.39. The van der Waals surface area contributed by atoms with Gasteiger partial charge >= 0.3 is 0 Å². The lowest BCUT2D eigenvalue weighted by Gasteiger charge is -2.24. The minimum Gasteiger partial charge on any atom is -0.493 e. The van der Waals surface area contributed by atoms with Gasteiger partial charge in [0.05, 0.1) is 12.7 Å². The molecular weight excluding hydrogens is 367 g/mol. The van der Waals surface area contributed by atoms with Crippen LogP contribution in [0.2, 0.25) is 5.02 Å². The van der Waals surface area contributed by atoms with Crippen LogP contribution >= 0.6 is 23.2 Å². The third-order valence-corrected chi connectivity index (χ3v) is 6.35. The zero-order valence-electron chi connectivity index (χ0n) is 15.3. The largest absolute Gasteiger partial charge is 0.493 e. The molecule has 2 aromatic rings. The monoisotopic (exact) mass is 392 g/mol. The summed E-state index contributed by atoms with van der Waals surface area (Å²) in [6.07, 6.45) is 2.02. The molecule has 4 heteroatoms. The minimum atomic E-state index is -0.371. The fourth-order valence-corrected chi connectivity index (χ4v) is 4.52. The zero-order valence-corrected chi connectivity index (χ0v) is 16.8. The molecule has 4 atom stereocenters. The van der Waals surface area contributed by atoms with E-state index in [0.29, 0.717) is 13.0 Å². The first kappa shape index (κ1) is 19.5. The molecule has 0 radical (unpaired) electrons. The minimum absolute atomic E-state index is 0.0560. The molecular formula is C22H26Cl2O2. The molecule has 0 aliphatic heterocycles. The summed E-state index contributed by atoms with van der Waals surface area (Å²) in [5, 5.41) is 11.2. The second-order valence-corrected chi connectivity index (χ2v) is 8.32. The average molecular weight is 393 g/mol. The lowest BCUT2D eigenvalue weighted by atomic mass is 9.89. The van der Waals surface area contributed by atoms with E-state index in [4.69, 9.17) is 27.9 Å². The second-order valence-electron chi connectivity index (χ2n) is 7.32. The van der Waals surface area contributed by atoms with Crippen LogP contribution in [0.4, 0.5) is 0 Å². The summed E-state index contributed by atoms with van der Waals surface area (Å²) in [7, 11) is 0. The molecule has 3 rings (SSSR count). The molecule has 0 bridgehead atoms. The van der Waals surface area contributed by atoms with Crippen molar-refractivity contribution in [3.05, 3.63) is 64.2 Å². The van der Waals surface area contributed by atoms with Crippen molar-refractivity contribution >= 4 is 23.2 Å². The number of alkyl halides is 1. The summed E-state index contributed by atoms with van der Waals surface area (Å²) in [5.41, 5.74) is 3.57. The zero-order chi connectivity index (χ0) is 18.7. The highest BCUT2D eigenvalue weighted by Gasteiger charge is 2.41. The van der Waals surface area contributed by atoms with Crippen molar-refractivity contribution in [2.45, 2.75) is 44.6 Å². The van der Waals surface area contributed by atoms with Gasteiger partial charge in [-0.1, -0.05) is 35.9 Å². The molecule has 1 saturated carbocycles. The molecule has 1 fully saturated rings. The molecule has 1 aliphatic carbocycles. The van der Waals surface area contributed by atoms with Gasteiger partial charge in [0.15, 0.2) is 0 Å². The number of hydrogen-bond donors (Lipinski definition) is 1. The van der Waals surface area contributed by atoms with Crippen LogP contribution in [-0.4, -0.2) is 23.2 Å². The van der Waals surface area contributed by atoms with Gasteiger partial charge in [0.2, 0.25) is 0 Å². The summed E-state index contributed by atoms with van der Waals surface area (Å²) in [6.45, 7) is 4.69. The van der Waals surface area contributed by atoms with Crippen molar-refractivity contribution in [3.63, 3.8) is 0 Å². The summed E-state index contributed by atoms with van der Waals surface area (Å²) < 4.78 is 6.11. The van der Waals surface area contributed by atoms with E-state index in [1.165, 1.54) is 11.1 Å². The normalized spacial score (nSPS) is 25.4. The van der Waals surface area contributed by atoms with Gasteiger partial charge in [0.25, 0.3) is 0 Å². The number of hydrogen-bond acceptors (Lipinski definition) is 2. The van der Waals surface area contributed by atoms with Crippen LogP contribution in [0.5, 0.6) is 5.75 Å². The van der Waals surface area contributed by atoms with Gasteiger partial charge in [-0.05, 0) is 73.9 Å². The number of aryl methyl sites for hydroxylation is 2. The van der Waals surface area contributed by atoms with Crippen molar-refractivity contribution in [2.24, 2.45) is 11.8 Å². The van der Waals surface area contributed by atoms with Crippen molar-refractivity contribution in [1.82, 2.24) is 0 Å². The van der Waals surface area contributed by atoms with Crippen molar-refractivity contribution in [3.8, 4) is 5.75 Å². The predicted molar refractivity (Wildman–Crippen MR) is 108 cm³/mol. The first-order valence-electron chi connectivity index (χ1n) is 9.21. The summed E-state index contributed by atoms with van der Waals surface area (Å²) >= 11 is 12.6. The molecule has 2 unspecified atom stereocenters. The predicted octanol–water partition coefficient (Wildman–Crippen LogP) is 5.57. The van der Waals surface area contributed by atoms with Crippen LogP contribution in [-0.2, 0) is 6.42 Å². The van der Waals surface area contributed by atoms with Gasteiger partial charge in [-0.3, -0.25) is 0 Å². The lowest BCUT2D eigenvalue weighted by molar-refractivity contribution is 0.0968. The van der Waals surface area contributed by atoms with Gasteiger partial charge in [-0.2, -0.15) is 0 Å². The van der Waals surface area contributed by atoms with E-state index < -0.39 is 0 Å². The highest BCUT2D eigenvalue weighted by molar-refractivity contribution is 6.30. The summed E-state index contributed by atoms with van der Waals surface area (Å²) in [6, 6.07) is 14.0. The van der Waals surface area contributed by atoms with Crippen LogP contribution in [0.1, 0.15) is 29.5 Å². The Morgan fingerprint density at radius 2 is 1.88 bits per heavy atom. The van der Waals surface area contributed by atoms with E-state index in [9.17, 15) is 5.11 Å². The Bertz CT molecular complexity index is 747. The van der Waals surface area contributed by atoms with Gasteiger partial charge in [-0.15, -0.1) is 11.6 Å². The van der Waals surface area contributed by atoms with Crippen LogP contribution in [0.25, 0.3) is 0 Å². The van der Waals surface area contributed by atoms with Crippen LogP contribution in [0.15, 0.2) is 42.5 Å². The van der Waals surface area contributed by atoms with E-state index >= 15 is 0 Å². The van der Waals surface area contributed by atoms with Gasteiger partial charge in [0.1, 0.15) is 5.75 Å². The molecule has 0 amide bonds. The SMILES string of the molecule is Cc1cccc(OC[C@H]2C(Cl)CC(O)[C@@H]2CCc2cccc(Cl)c2)c1C. The highest BCUT2D eigenvalue weighted by atomic mass is 35.5. The lowest BCUT2D eigenvalue weighted by Crippen LogP contribution is -2.27. The van der Waals surface area contributed by atoms with Gasteiger partial charge in [0, 0.05) is 16.3 Å². The topological polar surface area (TPSA) is 29.5 Å². The van der Waals surface area contributed by atoms with Gasteiger partial charge < -0.3 is 9.84 Å². The van der Waals surface area contributed by atoms with Crippen molar-refractivity contribution < 1.29 is 9.84 Å². The molecule has 140 valence electrons. The third kappa shape index (κ3) is 4.54. The van der Waals surface area contributed by atoms with Crippen LogP contribution < -0.4 is 4.74 Å². The Morgan fingerprint density at radius 3 is 2.65 bits per heavy atom. The van der Waals surface area contributed by atoms with Crippen molar-refractivity contribution in [1.29, 1.82) is 0 Å². The van der Waals surface area contributed by atoms with Crippen LogP contribution in [0.3, 0.4) is 0 Å². The molecule has 0 aromatic heterocycles. The van der Waals surface area contributed by atoms with E-state index in [1.54, 1.807) is 0 Å². The number of benzene rings is 2. The Labute approximate surface area is 166 Å². The average Bonchev–Trinajstić information content (AvgIpc) is 2.87. The van der Waals surface area contributed by atoms with E-state index in [2.05, 4.69) is 26.0 Å². The fraction of sp³-hybridized carbons (Fsp3) is 0.455. The van der Waals surface area contributed by atoms with Gasteiger partial charge in [-0.25, -0.2) is 0 Å². The summed E-state index contributed by atoms with van der Waals surface area (Å²) in [4.78, 5) is 0. The quantitative estimate of drug-likeness (QED) is 0.650. The number of aliphatic hydroxyl groups is 1. The number of aliphatic hydroxyl groups excluding tert-OH is 1. The Morgan fingerprint density at radius 1 is 1.12 bits per heavy atom. The Kier molecular flexibility index (Phi) is 6.50. The smallest absolute Gasteiger partial charge is 0.122 e. The molecule has 1 aliphatic rings. The summed E-state index contributed by atoms with van der Waals surface area (Å²) in [5.74, 6) is 1.19. The second kappa shape index (κ2) is 8.65. The maximum Gasteiger partial charge on any atom is 0.122 e. The molecule has 2 nitrogen and oxygen atoms in total. The molecule has 0 spiro atoms. The number of ether oxygens (including phenoxy) is 1. The van der Waals surface area contributed by atoms with Crippen molar-refractivity contribution in [2.75, 3.05) is 6.61 Å². The molecule has 26 heavy (non-hydrogen) atoms. The third-order valence-electron chi connectivity index (χ3n) is 5.62. The maximum absolute atomic E-state index is 10.5. The van der Waals surface area contributed by atoms with E-state index in [-0.39, 0.29) is 23.3 Å². The van der Waals surface area contributed by atoms with E-state index in [1.807, 2.05) is 30.3 Å². The Hall–Kier alpha value is -1.22. The number of halogens is 2. The molecule has 2 aromatic carbocycles. The Balaban J connectivity index is 1.65.